The molecule has 0 radical (unpaired) electrons. The van der Waals surface area contributed by atoms with Crippen molar-refractivity contribution in [1.29, 1.82) is 0 Å². The summed E-state index contributed by atoms with van der Waals surface area (Å²) in [7, 11) is 0. The van der Waals surface area contributed by atoms with Gasteiger partial charge >= 0.3 is 0 Å². The number of aliphatic hydroxyl groups is 1. The van der Waals surface area contributed by atoms with E-state index in [1.165, 1.54) is 0 Å². The normalized spacial score (nSPS) is 24.2. The number of nitrogens with zero attached hydrogens (tertiary/aromatic N) is 4. The van der Waals surface area contributed by atoms with Crippen LogP contribution in [0, 0.1) is 5.92 Å². The van der Waals surface area contributed by atoms with Gasteiger partial charge in [-0.15, -0.1) is 0 Å². The second kappa shape index (κ2) is 7.72. The Morgan fingerprint density at radius 3 is 3.04 bits per heavy atom. The van der Waals surface area contributed by atoms with E-state index < -0.39 is 0 Å². The van der Waals surface area contributed by atoms with Crippen molar-refractivity contribution in [3.8, 4) is 0 Å². The molecular formula is C19H26N4O3. The summed E-state index contributed by atoms with van der Waals surface area (Å²) >= 11 is 0. The van der Waals surface area contributed by atoms with Crippen molar-refractivity contribution in [2.24, 2.45) is 5.92 Å². The molecule has 1 aromatic carbocycles. The van der Waals surface area contributed by atoms with Gasteiger partial charge in [-0.3, -0.25) is 9.69 Å². The standard InChI is InChI=1S/C19H26N4O3/c24-11-2-1-9-23-17-8-10-22(12-14(17)6-7-18(23)25)13-15-4-3-5-16-19(15)21-26-20-16/h3-5,14,17,24H,1-2,6-13H2/t14-,17+/m0/s1. The first-order valence-corrected chi connectivity index (χ1v) is 9.59. The SMILES string of the molecule is O=C1CC[C@H]2CN(Cc3cccc4nonc34)CC[C@H]2N1CCCCO. The van der Waals surface area contributed by atoms with Gasteiger partial charge in [0.1, 0.15) is 11.0 Å². The highest BCUT2D eigenvalue weighted by atomic mass is 16.6. The molecule has 1 amide bonds. The third-order valence-electron chi connectivity index (χ3n) is 5.80. The fourth-order valence-electron chi connectivity index (χ4n) is 4.49. The van der Waals surface area contributed by atoms with Crippen LogP contribution in [0.25, 0.3) is 11.0 Å². The van der Waals surface area contributed by atoms with Gasteiger partial charge in [-0.1, -0.05) is 12.1 Å². The predicted octanol–water partition coefficient (Wildman–Crippen LogP) is 1.81. The quantitative estimate of drug-likeness (QED) is 0.793. The molecule has 2 aromatic rings. The number of likely N-dealkylation sites (tertiary alicyclic amines) is 2. The van der Waals surface area contributed by atoms with Crippen molar-refractivity contribution in [3.05, 3.63) is 23.8 Å². The van der Waals surface area contributed by atoms with E-state index in [9.17, 15) is 4.79 Å². The van der Waals surface area contributed by atoms with Crippen LogP contribution in [0.3, 0.4) is 0 Å². The van der Waals surface area contributed by atoms with Crippen molar-refractivity contribution >= 4 is 16.9 Å². The Labute approximate surface area is 152 Å². The molecule has 0 bridgehead atoms. The van der Waals surface area contributed by atoms with Crippen LogP contribution in [0.15, 0.2) is 22.8 Å². The number of carbonyl (C=O) groups is 1. The highest BCUT2D eigenvalue weighted by molar-refractivity contribution is 5.77. The van der Waals surface area contributed by atoms with Crippen LogP contribution < -0.4 is 0 Å². The predicted molar refractivity (Wildman–Crippen MR) is 96.2 cm³/mol. The number of hydrogen-bond acceptors (Lipinski definition) is 6. The molecule has 2 aliphatic rings. The Morgan fingerprint density at radius 2 is 2.15 bits per heavy atom. The van der Waals surface area contributed by atoms with Gasteiger partial charge in [-0.2, -0.15) is 0 Å². The van der Waals surface area contributed by atoms with Gasteiger partial charge in [-0.05, 0) is 53.5 Å². The Morgan fingerprint density at radius 1 is 1.23 bits per heavy atom. The minimum atomic E-state index is 0.201. The monoisotopic (exact) mass is 358 g/mol. The molecule has 0 unspecified atom stereocenters. The molecule has 26 heavy (non-hydrogen) atoms. The highest BCUT2D eigenvalue weighted by Gasteiger charge is 2.38. The fourth-order valence-corrected chi connectivity index (χ4v) is 4.49. The molecule has 7 nitrogen and oxygen atoms in total. The number of aromatic nitrogens is 2. The summed E-state index contributed by atoms with van der Waals surface area (Å²) in [4.78, 5) is 16.9. The van der Waals surface area contributed by atoms with E-state index in [0.29, 0.717) is 18.4 Å². The van der Waals surface area contributed by atoms with Crippen molar-refractivity contribution in [2.45, 2.75) is 44.7 Å². The number of aliphatic hydroxyl groups excluding tert-OH is 1. The van der Waals surface area contributed by atoms with Crippen LogP contribution in [0.5, 0.6) is 0 Å². The van der Waals surface area contributed by atoms with Gasteiger partial charge in [0.2, 0.25) is 5.91 Å². The van der Waals surface area contributed by atoms with Gasteiger partial charge in [0.25, 0.3) is 0 Å². The molecule has 140 valence electrons. The van der Waals surface area contributed by atoms with Crippen LogP contribution in [0.2, 0.25) is 0 Å². The summed E-state index contributed by atoms with van der Waals surface area (Å²) in [6, 6.07) is 6.36. The van der Waals surface area contributed by atoms with Gasteiger partial charge in [0, 0.05) is 45.2 Å². The Kier molecular flexibility index (Phi) is 5.17. The molecule has 1 N–H and O–H groups in total. The Hall–Kier alpha value is -1.99. The Balaban J connectivity index is 1.41. The fraction of sp³-hybridized carbons (Fsp3) is 0.632. The maximum atomic E-state index is 12.4. The average molecular weight is 358 g/mol. The van der Waals surface area contributed by atoms with Crippen LogP contribution in [0.4, 0.5) is 0 Å². The maximum absolute atomic E-state index is 12.4. The minimum Gasteiger partial charge on any atom is -0.396 e. The molecule has 0 spiro atoms. The molecule has 0 aliphatic carbocycles. The third-order valence-corrected chi connectivity index (χ3v) is 5.80. The number of rotatable bonds is 6. The molecule has 2 atom stereocenters. The largest absolute Gasteiger partial charge is 0.396 e. The van der Waals surface area contributed by atoms with Gasteiger partial charge in [0.15, 0.2) is 0 Å². The molecule has 3 heterocycles. The molecular weight excluding hydrogens is 332 g/mol. The molecule has 4 rings (SSSR count). The van der Waals surface area contributed by atoms with Crippen molar-refractivity contribution in [3.63, 3.8) is 0 Å². The lowest BCUT2D eigenvalue weighted by Crippen LogP contribution is -2.56. The van der Waals surface area contributed by atoms with Gasteiger partial charge in [0.05, 0.1) is 0 Å². The molecule has 0 saturated carbocycles. The number of unbranched alkanes of at least 4 members (excludes halogenated alkanes) is 1. The van der Waals surface area contributed by atoms with Crippen LogP contribution in [0.1, 0.15) is 37.7 Å². The van der Waals surface area contributed by atoms with Crippen LogP contribution in [-0.4, -0.2) is 63.4 Å². The highest BCUT2D eigenvalue weighted by Crippen LogP contribution is 2.32. The zero-order valence-corrected chi connectivity index (χ0v) is 15.0. The number of benzene rings is 1. The summed E-state index contributed by atoms with van der Waals surface area (Å²) in [5.41, 5.74) is 2.80. The number of amides is 1. The number of hydrogen-bond donors (Lipinski definition) is 1. The molecule has 2 fully saturated rings. The molecule has 2 saturated heterocycles. The third kappa shape index (κ3) is 3.46. The average Bonchev–Trinajstić information content (AvgIpc) is 3.13. The zero-order valence-electron chi connectivity index (χ0n) is 15.0. The van der Waals surface area contributed by atoms with E-state index in [1.54, 1.807) is 0 Å². The summed E-state index contributed by atoms with van der Waals surface area (Å²) < 4.78 is 4.87. The molecule has 2 aliphatic heterocycles. The topological polar surface area (TPSA) is 82.7 Å². The van der Waals surface area contributed by atoms with Crippen molar-refractivity contribution in [2.75, 3.05) is 26.2 Å². The number of fused-ring (bicyclic) bond motifs is 2. The maximum Gasteiger partial charge on any atom is 0.222 e. The van der Waals surface area contributed by atoms with Crippen molar-refractivity contribution < 1.29 is 14.5 Å². The zero-order chi connectivity index (χ0) is 17.9. The van der Waals surface area contributed by atoms with Gasteiger partial charge < -0.3 is 10.0 Å². The van der Waals surface area contributed by atoms with E-state index in [-0.39, 0.29) is 12.5 Å². The lowest BCUT2D eigenvalue weighted by molar-refractivity contribution is -0.141. The first kappa shape index (κ1) is 17.4. The second-order valence-electron chi connectivity index (χ2n) is 7.46. The van der Waals surface area contributed by atoms with E-state index in [4.69, 9.17) is 9.74 Å². The minimum absolute atomic E-state index is 0.201. The second-order valence-corrected chi connectivity index (χ2v) is 7.46. The van der Waals surface area contributed by atoms with E-state index >= 15 is 0 Å². The number of carbonyl (C=O) groups excluding carboxylic acids is 1. The first-order valence-electron chi connectivity index (χ1n) is 9.59. The molecule has 7 heteroatoms. The number of piperidine rings is 2. The molecule has 1 aromatic heterocycles. The lowest BCUT2D eigenvalue weighted by Gasteiger charge is -2.47. The van der Waals surface area contributed by atoms with Crippen LogP contribution in [-0.2, 0) is 11.3 Å². The van der Waals surface area contributed by atoms with Crippen molar-refractivity contribution in [1.82, 2.24) is 20.1 Å². The smallest absolute Gasteiger partial charge is 0.222 e. The first-order chi connectivity index (χ1) is 12.8. The van der Waals surface area contributed by atoms with E-state index in [1.807, 2.05) is 12.1 Å². The summed E-state index contributed by atoms with van der Waals surface area (Å²) in [6.07, 6.45) is 4.30. The summed E-state index contributed by atoms with van der Waals surface area (Å²) in [6.45, 7) is 3.81. The lowest BCUT2D eigenvalue weighted by atomic mass is 9.83. The Bertz CT molecular complexity index is 762. The van der Waals surface area contributed by atoms with E-state index in [2.05, 4.69) is 26.2 Å². The van der Waals surface area contributed by atoms with E-state index in [0.717, 1.165) is 68.5 Å². The summed E-state index contributed by atoms with van der Waals surface area (Å²) in [5, 5.41) is 17.0. The summed E-state index contributed by atoms with van der Waals surface area (Å²) in [5.74, 6) is 0.821. The van der Waals surface area contributed by atoms with Crippen LogP contribution >= 0.6 is 0 Å². The van der Waals surface area contributed by atoms with Gasteiger partial charge in [-0.25, -0.2) is 4.63 Å².